The molecule has 2 aromatic carbocycles. The number of rotatable bonds is 6. The van der Waals surface area contributed by atoms with E-state index in [1.165, 1.54) is 7.11 Å². The first-order valence-electron chi connectivity index (χ1n) is 8.39. The van der Waals surface area contributed by atoms with Crippen molar-refractivity contribution in [1.29, 1.82) is 0 Å². The number of nitrogens with one attached hydrogen (secondary N) is 2. The Hall–Kier alpha value is -3.67. The molecule has 27 heavy (non-hydrogen) atoms. The van der Waals surface area contributed by atoms with Crippen molar-refractivity contribution in [3.8, 4) is 0 Å². The average Bonchev–Trinajstić information content (AvgIpc) is 2.73. The van der Waals surface area contributed by atoms with Gasteiger partial charge in [0, 0.05) is 24.1 Å². The molecule has 2 N–H and O–H groups in total. The Kier molecular flexibility index (Phi) is 5.79. The number of amides is 1. The Morgan fingerprint density at radius 3 is 2.41 bits per heavy atom. The fourth-order valence-electron chi connectivity index (χ4n) is 2.48. The van der Waals surface area contributed by atoms with Gasteiger partial charge in [0.2, 0.25) is 0 Å². The van der Waals surface area contributed by atoms with Crippen LogP contribution >= 0.6 is 0 Å². The minimum atomic E-state index is -0.386. The van der Waals surface area contributed by atoms with E-state index < -0.39 is 0 Å². The number of ether oxygens (including phenoxy) is 1. The maximum Gasteiger partial charge on any atom is 0.337 e. The molecule has 136 valence electrons. The molecule has 1 aromatic heterocycles. The first kappa shape index (κ1) is 18.1. The minimum absolute atomic E-state index is 0.247. The second-order valence-electron chi connectivity index (χ2n) is 5.79. The van der Waals surface area contributed by atoms with Gasteiger partial charge in [-0.25, -0.2) is 4.79 Å². The number of aromatic nitrogens is 1. The van der Waals surface area contributed by atoms with E-state index in [1.807, 2.05) is 30.3 Å². The van der Waals surface area contributed by atoms with Crippen molar-refractivity contribution in [2.24, 2.45) is 0 Å². The van der Waals surface area contributed by atoms with Crippen molar-refractivity contribution >= 4 is 23.3 Å². The Morgan fingerprint density at radius 1 is 0.963 bits per heavy atom. The Bertz CT molecular complexity index is 925. The zero-order valence-electron chi connectivity index (χ0n) is 14.8. The van der Waals surface area contributed by atoms with E-state index >= 15 is 0 Å². The highest BCUT2D eigenvalue weighted by Gasteiger charge is 2.09. The molecule has 3 aromatic rings. The maximum atomic E-state index is 12.3. The molecular formula is C21H19N3O3. The third-order valence-electron chi connectivity index (χ3n) is 3.88. The summed E-state index contributed by atoms with van der Waals surface area (Å²) in [6.07, 6.45) is 1.57. The molecule has 0 radical (unpaired) electrons. The van der Waals surface area contributed by atoms with Gasteiger partial charge in [-0.15, -0.1) is 0 Å². The summed E-state index contributed by atoms with van der Waals surface area (Å²) in [5.74, 6) is -0.633. The van der Waals surface area contributed by atoms with Crippen molar-refractivity contribution in [1.82, 2.24) is 10.3 Å². The molecule has 0 atom stereocenters. The molecule has 0 aliphatic rings. The maximum absolute atomic E-state index is 12.3. The van der Waals surface area contributed by atoms with Crippen molar-refractivity contribution in [2.45, 2.75) is 6.54 Å². The predicted molar refractivity (Wildman–Crippen MR) is 103 cm³/mol. The van der Waals surface area contributed by atoms with Gasteiger partial charge in [0.25, 0.3) is 5.91 Å². The van der Waals surface area contributed by atoms with Crippen molar-refractivity contribution in [2.75, 3.05) is 12.4 Å². The van der Waals surface area contributed by atoms with Gasteiger partial charge >= 0.3 is 5.97 Å². The third-order valence-corrected chi connectivity index (χ3v) is 3.88. The first-order valence-corrected chi connectivity index (χ1v) is 8.39. The highest BCUT2D eigenvalue weighted by atomic mass is 16.5. The van der Waals surface area contributed by atoms with E-state index in [-0.39, 0.29) is 11.9 Å². The summed E-state index contributed by atoms with van der Waals surface area (Å²) in [6, 6.07) is 20.0. The Balaban J connectivity index is 1.64. The van der Waals surface area contributed by atoms with Crippen LogP contribution in [0.3, 0.4) is 0 Å². The lowest BCUT2D eigenvalue weighted by Gasteiger charge is -2.09. The number of esters is 1. The van der Waals surface area contributed by atoms with Gasteiger partial charge in [-0.05, 0) is 42.0 Å². The molecule has 0 aliphatic heterocycles. The summed E-state index contributed by atoms with van der Waals surface area (Å²) in [6.45, 7) is 0.438. The summed E-state index contributed by atoms with van der Waals surface area (Å²) in [4.78, 5) is 27.9. The topological polar surface area (TPSA) is 80.3 Å². The third kappa shape index (κ3) is 4.92. The van der Waals surface area contributed by atoms with Gasteiger partial charge in [0.15, 0.2) is 0 Å². The number of carbonyl (C=O) groups excluding carboxylic acids is 2. The highest BCUT2D eigenvalue weighted by Crippen LogP contribution is 2.18. The molecule has 0 saturated heterocycles. The molecular weight excluding hydrogens is 342 g/mol. The number of benzene rings is 2. The van der Waals surface area contributed by atoms with Gasteiger partial charge in [-0.3, -0.25) is 9.78 Å². The molecule has 0 unspecified atom stereocenters. The van der Waals surface area contributed by atoms with E-state index in [9.17, 15) is 9.59 Å². The molecule has 6 heteroatoms. The number of pyridine rings is 1. The monoisotopic (exact) mass is 361 g/mol. The van der Waals surface area contributed by atoms with E-state index in [1.54, 1.807) is 42.6 Å². The van der Waals surface area contributed by atoms with Crippen molar-refractivity contribution in [3.05, 3.63) is 89.7 Å². The number of hydrogen-bond donors (Lipinski definition) is 2. The lowest BCUT2D eigenvalue weighted by atomic mass is 10.2. The number of carbonyl (C=O) groups is 2. The second kappa shape index (κ2) is 8.62. The van der Waals surface area contributed by atoms with Crippen LogP contribution in [0.1, 0.15) is 26.4 Å². The van der Waals surface area contributed by atoms with Gasteiger partial charge in [-0.2, -0.15) is 0 Å². The van der Waals surface area contributed by atoms with Gasteiger partial charge < -0.3 is 15.4 Å². The fraction of sp³-hybridized carbons (Fsp3) is 0.0952. The van der Waals surface area contributed by atoms with Crippen LogP contribution in [0.5, 0.6) is 0 Å². The second-order valence-corrected chi connectivity index (χ2v) is 5.79. The normalized spacial score (nSPS) is 10.1. The Labute approximate surface area is 157 Å². The quantitative estimate of drug-likeness (QED) is 0.657. The molecule has 0 fully saturated rings. The summed E-state index contributed by atoms with van der Waals surface area (Å²) in [7, 11) is 1.34. The van der Waals surface area contributed by atoms with Crippen LogP contribution in [0.4, 0.5) is 11.4 Å². The van der Waals surface area contributed by atoms with Crippen LogP contribution in [0.25, 0.3) is 0 Å². The SMILES string of the molecule is COC(=O)c1ccc(Nc2ccnc(C(=O)NCc3ccccc3)c2)cc1. The van der Waals surface area contributed by atoms with Crippen LogP contribution in [0, 0.1) is 0 Å². The zero-order valence-corrected chi connectivity index (χ0v) is 14.8. The number of methoxy groups -OCH3 is 1. The van der Waals surface area contributed by atoms with Crippen LogP contribution < -0.4 is 10.6 Å². The first-order chi connectivity index (χ1) is 13.2. The van der Waals surface area contributed by atoms with E-state index in [0.717, 1.165) is 16.9 Å². The summed E-state index contributed by atoms with van der Waals surface area (Å²) < 4.78 is 4.68. The van der Waals surface area contributed by atoms with Gasteiger partial charge in [-0.1, -0.05) is 30.3 Å². The lowest BCUT2D eigenvalue weighted by Crippen LogP contribution is -2.23. The number of anilines is 2. The molecule has 6 nitrogen and oxygen atoms in total. The van der Waals surface area contributed by atoms with E-state index in [4.69, 9.17) is 0 Å². The van der Waals surface area contributed by atoms with Gasteiger partial charge in [0.1, 0.15) is 5.69 Å². The lowest BCUT2D eigenvalue weighted by molar-refractivity contribution is 0.0600. The molecule has 0 aliphatic carbocycles. The van der Waals surface area contributed by atoms with E-state index in [2.05, 4.69) is 20.4 Å². The van der Waals surface area contributed by atoms with Crippen LogP contribution in [-0.2, 0) is 11.3 Å². The average molecular weight is 361 g/mol. The number of hydrogen-bond acceptors (Lipinski definition) is 5. The van der Waals surface area contributed by atoms with Crippen LogP contribution in [-0.4, -0.2) is 24.0 Å². The minimum Gasteiger partial charge on any atom is -0.465 e. The van der Waals surface area contributed by atoms with Crippen molar-refractivity contribution in [3.63, 3.8) is 0 Å². The highest BCUT2D eigenvalue weighted by molar-refractivity contribution is 5.93. The van der Waals surface area contributed by atoms with Crippen LogP contribution in [0.2, 0.25) is 0 Å². The molecule has 0 saturated carbocycles. The summed E-state index contributed by atoms with van der Waals surface area (Å²) in [5.41, 5.74) is 3.32. The molecule has 0 bridgehead atoms. The van der Waals surface area contributed by atoms with Crippen LogP contribution in [0.15, 0.2) is 72.9 Å². The standard InChI is InChI=1S/C21H19N3O3/c1-27-21(26)16-7-9-17(10-8-16)24-18-11-12-22-19(13-18)20(25)23-14-15-5-3-2-4-6-15/h2-13H,14H2,1H3,(H,22,24)(H,23,25). The molecule has 1 amide bonds. The molecule has 1 heterocycles. The summed E-state index contributed by atoms with van der Waals surface area (Å²) >= 11 is 0. The largest absolute Gasteiger partial charge is 0.465 e. The van der Waals surface area contributed by atoms with Crippen molar-refractivity contribution < 1.29 is 14.3 Å². The fourth-order valence-corrected chi connectivity index (χ4v) is 2.48. The van der Waals surface area contributed by atoms with E-state index in [0.29, 0.717) is 17.8 Å². The predicted octanol–water partition coefficient (Wildman–Crippen LogP) is 3.54. The molecule has 3 rings (SSSR count). The Morgan fingerprint density at radius 2 is 1.70 bits per heavy atom. The zero-order chi connectivity index (χ0) is 19.1. The van der Waals surface area contributed by atoms with Gasteiger partial charge in [0.05, 0.1) is 12.7 Å². The molecule has 0 spiro atoms. The number of nitrogens with zero attached hydrogens (tertiary/aromatic N) is 1. The summed E-state index contributed by atoms with van der Waals surface area (Å²) in [5, 5.41) is 6.04. The smallest absolute Gasteiger partial charge is 0.337 e.